The van der Waals surface area contributed by atoms with E-state index in [0.717, 1.165) is 23.3 Å². The Morgan fingerprint density at radius 1 is 1.10 bits per heavy atom. The van der Waals surface area contributed by atoms with E-state index in [1.807, 2.05) is 24.3 Å². The minimum absolute atomic E-state index is 0.0497. The lowest BCUT2D eigenvalue weighted by Crippen LogP contribution is -2.28. The Kier molecular flexibility index (Phi) is 6.64. The van der Waals surface area contributed by atoms with Crippen molar-refractivity contribution < 1.29 is 13.2 Å². The third-order valence-corrected chi connectivity index (χ3v) is 8.49. The lowest BCUT2D eigenvalue weighted by atomic mass is 10.1. The van der Waals surface area contributed by atoms with Crippen LogP contribution in [0.2, 0.25) is 10.0 Å². The smallest absolute Gasteiger partial charge is 0.257 e. The van der Waals surface area contributed by atoms with Crippen molar-refractivity contribution in [2.75, 3.05) is 18.4 Å². The molecule has 0 aliphatic carbocycles. The third kappa shape index (κ3) is 5.10. The molecule has 1 fully saturated rings. The van der Waals surface area contributed by atoms with Crippen LogP contribution in [0.15, 0.2) is 53.6 Å². The molecule has 0 spiro atoms. The van der Waals surface area contributed by atoms with Gasteiger partial charge in [0.15, 0.2) is 5.13 Å². The maximum absolute atomic E-state index is 12.9. The highest BCUT2D eigenvalue weighted by Gasteiger charge is 2.29. The molecule has 4 rings (SSSR count). The van der Waals surface area contributed by atoms with Crippen LogP contribution in [0.1, 0.15) is 33.6 Å². The highest BCUT2D eigenvalue weighted by atomic mass is 35.5. The summed E-state index contributed by atoms with van der Waals surface area (Å²) in [5, 5.41) is 3.95. The van der Waals surface area contributed by atoms with E-state index in [1.165, 1.54) is 33.8 Å². The Hall–Kier alpha value is -1.97. The van der Waals surface area contributed by atoms with Gasteiger partial charge in [-0.15, -0.1) is 11.3 Å². The summed E-state index contributed by atoms with van der Waals surface area (Å²) in [7, 11) is -3.73. The van der Waals surface area contributed by atoms with Crippen molar-refractivity contribution in [1.29, 1.82) is 0 Å². The molecule has 1 aliphatic heterocycles. The summed E-state index contributed by atoms with van der Waals surface area (Å²) in [5.41, 5.74) is 1.29. The minimum atomic E-state index is -3.73. The molecule has 1 N–H and O–H groups in total. The van der Waals surface area contributed by atoms with Crippen molar-refractivity contribution in [2.45, 2.75) is 24.2 Å². The summed E-state index contributed by atoms with van der Waals surface area (Å²) in [5.74, 6) is -0.443. The summed E-state index contributed by atoms with van der Waals surface area (Å²) < 4.78 is 27.2. The van der Waals surface area contributed by atoms with Crippen molar-refractivity contribution in [2.24, 2.45) is 0 Å². The fourth-order valence-electron chi connectivity index (χ4n) is 3.33. The lowest BCUT2D eigenvalue weighted by Gasteiger charge is -2.17. The van der Waals surface area contributed by atoms with Crippen LogP contribution in [0.4, 0.5) is 5.13 Å². The van der Waals surface area contributed by atoms with Crippen LogP contribution in [0, 0.1) is 0 Å². The largest absolute Gasteiger partial charge is 0.298 e. The van der Waals surface area contributed by atoms with Gasteiger partial charge >= 0.3 is 0 Å². The molecule has 0 unspecified atom stereocenters. The molecule has 1 aromatic heterocycles. The second-order valence-corrected chi connectivity index (χ2v) is 11.0. The lowest BCUT2D eigenvalue weighted by molar-refractivity contribution is 0.102. The Labute approximate surface area is 194 Å². The molecule has 0 radical (unpaired) electrons. The van der Waals surface area contributed by atoms with Crippen LogP contribution >= 0.6 is 34.5 Å². The van der Waals surface area contributed by atoms with E-state index in [4.69, 9.17) is 23.2 Å². The van der Waals surface area contributed by atoms with Gasteiger partial charge < -0.3 is 0 Å². The van der Waals surface area contributed by atoms with Crippen molar-refractivity contribution in [1.82, 2.24) is 9.29 Å². The molecule has 162 valence electrons. The molecule has 0 atom stereocenters. The fraction of sp³-hybridized carbons (Fsp3) is 0.238. The van der Waals surface area contributed by atoms with Gasteiger partial charge in [0.2, 0.25) is 10.0 Å². The number of hydrogen-bond acceptors (Lipinski definition) is 5. The van der Waals surface area contributed by atoms with Gasteiger partial charge in [-0.05, 0) is 48.7 Å². The number of sulfonamides is 1. The first kappa shape index (κ1) is 22.2. The molecule has 1 saturated heterocycles. The number of benzene rings is 2. The number of carbonyl (C=O) groups is 1. The van der Waals surface area contributed by atoms with Gasteiger partial charge in [-0.1, -0.05) is 35.3 Å². The highest BCUT2D eigenvalue weighted by Crippen LogP contribution is 2.29. The SMILES string of the molecule is O=C(Nc1ncc(Cc2ccc(Cl)cc2)s1)c1ccc(Cl)c(S(=O)(=O)N2CCCC2)c1. The number of amides is 1. The van der Waals surface area contributed by atoms with E-state index in [2.05, 4.69) is 10.3 Å². The predicted octanol–water partition coefficient (Wildman–Crippen LogP) is 5.08. The number of thiazole rings is 1. The summed E-state index contributed by atoms with van der Waals surface area (Å²) in [4.78, 5) is 17.9. The fourth-order valence-corrected chi connectivity index (χ4v) is 6.31. The monoisotopic (exact) mass is 495 g/mol. The molecule has 6 nitrogen and oxygen atoms in total. The van der Waals surface area contributed by atoms with E-state index in [1.54, 1.807) is 6.20 Å². The Balaban J connectivity index is 1.49. The van der Waals surface area contributed by atoms with Crippen LogP contribution in [0.25, 0.3) is 0 Å². The van der Waals surface area contributed by atoms with Gasteiger partial charge in [-0.3, -0.25) is 10.1 Å². The maximum atomic E-state index is 12.9. The summed E-state index contributed by atoms with van der Waals surface area (Å²) >= 11 is 13.4. The van der Waals surface area contributed by atoms with E-state index in [9.17, 15) is 13.2 Å². The van der Waals surface area contributed by atoms with Crippen molar-refractivity contribution >= 4 is 55.6 Å². The molecular formula is C21H19Cl2N3O3S2. The first-order valence-corrected chi connectivity index (χ1v) is 12.6. The normalized spacial score (nSPS) is 14.6. The average Bonchev–Trinajstić information content (AvgIpc) is 3.43. The molecular weight excluding hydrogens is 477 g/mol. The second kappa shape index (κ2) is 9.26. The summed E-state index contributed by atoms with van der Waals surface area (Å²) in [6.07, 6.45) is 4.02. The van der Waals surface area contributed by atoms with Gasteiger partial charge in [0.1, 0.15) is 4.90 Å². The van der Waals surface area contributed by atoms with Gasteiger partial charge in [0.05, 0.1) is 5.02 Å². The van der Waals surface area contributed by atoms with Gasteiger partial charge in [0.25, 0.3) is 5.91 Å². The van der Waals surface area contributed by atoms with E-state index in [-0.39, 0.29) is 15.5 Å². The molecule has 31 heavy (non-hydrogen) atoms. The number of halogens is 2. The number of anilines is 1. The van der Waals surface area contributed by atoms with Crippen LogP contribution in [-0.4, -0.2) is 36.7 Å². The zero-order valence-corrected chi connectivity index (χ0v) is 19.5. The number of aromatic nitrogens is 1. The quantitative estimate of drug-likeness (QED) is 0.517. The Morgan fingerprint density at radius 3 is 2.52 bits per heavy atom. The van der Waals surface area contributed by atoms with Crippen molar-refractivity contribution in [3.8, 4) is 0 Å². The van der Waals surface area contributed by atoms with Crippen molar-refractivity contribution in [3.05, 3.63) is 74.7 Å². The maximum Gasteiger partial charge on any atom is 0.257 e. The number of nitrogens with zero attached hydrogens (tertiary/aromatic N) is 2. The van der Waals surface area contributed by atoms with E-state index in [0.29, 0.717) is 29.7 Å². The molecule has 0 saturated carbocycles. The highest BCUT2D eigenvalue weighted by molar-refractivity contribution is 7.89. The number of rotatable bonds is 6. The second-order valence-electron chi connectivity index (χ2n) is 7.15. The van der Waals surface area contributed by atoms with Crippen LogP contribution in [0.5, 0.6) is 0 Å². The van der Waals surface area contributed by atoms with E-state index < -0.39 is 15.9 Å². The number of carbonyl (C=O) groups excluding carboxylic acids is 1. The Morgan fingerprint density at radius 2 is 1.81 bits per heavy atom. The molecule has 0 bridgehead atoms. The zero-order valence-electron chi connectivity index (χ0n) is 16.3. The van der Waals surface area contributed by atoms with Crippen LogP contribution < -0.4 is 5.32 Å². The van der Waals surface area contributed by atoms with Gasteiger partial charge in [0, 0.05) is 41.2 Å². The molecule has 10 heteroatoms. The van der Waals surface area contributed by atoms with Crippen molar-refractivity contribution in [3.63, 3.8) is 0 Å². The van der Waals surface area contributed by atoms with E-state index >= 15 is 0 Å². The van der Waals surface area contributed by atoms with Gasteiger partial charge in [-0.25, -0.2) is 13.4 Å². The standard InChI is InChI=1S/C21H19Cl2N3O3S2/c22-16-6-3-14(4-7-16)11-17-13-24-21(30-17)25-20(27)15-5-8-18(23)19(12-15)31(28,29)26-9-1-2-10-26/h3-8,12-13H,1-2,9-11H2,(H,24,25,27). The topological polar surface area (TPSA) is 79.4 Å². The average molecular weight is 496 g/mol. The number of nitrogens with one attached hydrogen (secondary N) is 1. The first-order chi connectivity index (χ1) is 14.8. The van der Waals surface area contributed by atoms with Crippen LogP contribution in [0.3, 0.4) is 0 Å². The molecule has 2 aromatic carbocycles. The summed E-state index contributed by atoms with van der Waals surface area (Å²) in [6, 6.07) is 11.8. The van der Waals surface area contributed by atoms with Gasteiger partial charge in [-0.2, -0.15) is 4.31 Å². The van der Waals surface area contributed by atoms with Crippen LogP contribution in [-0.2, 0) is 16.4 Å². The third-order valence-electron chi connectivity index (χ3n) is 4.94. The minimum Gasteiger partial charge on any atom is -0.298 e. The molecule has 1 amide bonds. The molecule has 3 aromatic rings. The summed E-state index contributed by atoms with van der Waals surface area (Å²) in [6.45, 7) is 0.926. The predicted molar refractivity (Wildman–Crippen MR) is 124 cm³/mol. The number of hydrogen-bond donors (Lipinski definition) is 1. The first-order valence-electron chi connectivity index (χ1n) is 9.63. The zero-order chi connectivity index (χ0) is 22.0. The molecule has 2 heterocycles. The molecule has 1 aliphatic rings. The Bertz CT molecular complexity index is 1200.